The maximum Gasteiger partial charge on any atom is 0.328 e. The van der Waals surface area contributed by atoms with Crippen molar-refractivity contribution in [3.05, 3.63) is 23.3 Å². The summed E-state index contributed by atoms with van der Waals surface area (Å²) in [7, 11) is 0. The van der Waals surface area contributed by atoms with Crippen LogP contribution in [0.2, 0.25) is 0 Å². The summed E-state index contributed by atoms with van der Waals surface area (Å²) in [5, 5.41) is 8.59. The highest BCUT2D eigenvalue weighted by atomic mass is 16.4. The van der Waals surface area contributed by atoms with Gasteiger partial charge in [0.1, 0.15) is 0 Å². The van der Waals surface area contributed by atoms with Crippen molar-refractivity contribution in [1.82, 2.24) is 0 Å². The maximum atomic E-state index is 10.4. The van der Waals surface area contributed by atoms with Gasteiger partial charge in [0.15, 0.2) is 0 Å². The Kier molecular flexibility index (Phi) is 1.98. The second-order valence-corrected chi connectivity index (χ2v) is 3.93. The predicted molar refractivity (Wildman–Crippen MR) is 50.3 cm³/mol. The first-order valence-electron chi connectivity index (χ1n) is 4.83. The van der Waals surface area contributed by atoms with Crippen molar-refractivity contribution in [2.24, 2.45) is 11.8 Å². The van der Waals surface area contributed by atoms with Crippen LogP contribution in [0.15, 0.2) is 23.3 Å². The quantitative estimate of drug-likeness (QED) is 0.520. The average molecular weight is 178 g/mol. The van der Waals surface area contributed by atoms with E-state index in [1.54, 1.807) is 0 Å². The lowest BCUT2D eigenvalue weighted by atomic mass is 9.71. The molecule has 70 valence electrons. The number of hydrogen-bond acceptors (Lipinski definition) is 1. The third-order valence-electron chi connectivity index (χ3n) is 3.14. The van der Waals surface area contributed by atoms with E-state index in [9.17, 15) is 4.79 Å². The predicted octanol–water partition coefficient (Wildman–Crippen LogP) is 2.37. The van der Waals surface area contributed by atoms with Crippen LogP contribution in [0, 0.1) is 11.8 Å². The maximum absolute atomic E-state index is 10.4. The molecule has 0 amide bonds. The van der Waals surface area contributed by atoms with Crippen LogP contribution in [0.3, 0.4) is 0 Å². The summed E-state index contributed by atoms with van der Waals surface area (Å²) in [6.07, 6.45) is 6.96. The molecular formula is C11H14O2. The Balaban J connectivity index is 2.09. The molecule has 2 unspecified atom stereocenters. The molecule has 2 heteroatoms. The lowest BCUT2D eigenvalue weighted by Gasteiger charge is -2.33. The largest absolute Gasteiger partial charge is 0.478 e. The van der Waals surface area contributed by atoms with Gasteiger partial charge < -0.3 is 5.11 Å². The first-order chi connectivity index (χ1) is 6.20. The third kappa shape index (κ3) is 1.41. The molecule has 0 aromatic rings. The van der Waals surface area contributed by atoms with Gasteiger partial charge in [-0.2, -0.15) is 0 Å². The van der Waals surface area contributed by atoms with Gasteiger partial charge in [0.2, 0.25) is 0 Å². The summed E-state index contributed by atoms with van der Waals surface area (Å²) in [5.41, 5.74) is 2.62. The van der Waals surface area contributed by atoms with Crippen LogP contribution >= 0.6 is 0 Å². The van der Waals surface area contributed by atoms with Crippen molar-refractivity contribution in [3.63, 3.8) is 0 Å². The van der Waals surface area contributed by atoms with Crippen molar-refractivity contribution < 1.29 is 9.90 Å². The highest BCUT2D eigenvalue weighted by Gasteiger charge is 2.38. The van der Waals surface area contributed by atoms with Crippen LogP contribution < -0.4 is 0 Å². The SMILES string of the molecule is CCC1=CC2/C(=C\C(=O)O)CC2C1. The molecule has 0 radical (unpaired) electrons. The van der Waals surface area contributed by atoms with E-state index in [-0.39, 0.29) is 0 Å². The van der Waals surface area contributed by atoms with Crippen molar-refractivity contribution in [2.45, 2.75) is 26.2 Å². The molecule has 0 heterocycles. The summed E-state index contributed by atoms with van der Waals surface area (Å²) >= 11 is 0. The van der Waals surface area contributed by atoms with E-state index in [0.29, 0.717) is 5.92 Å². The van der Waals surface area contributed by atoms with Gasteiger partial charge in [-0.15, -0.1) is 0 Å². The monoisotopic (exact) mass is 178 g/mol. The molecule has 1 N–H and O–H groups in total. The molecule has 0 saturated heterocycles. The van der Waals surface area contributed by atoms with E-state index in [1.807, 2.05) is 0 Å². The number of allylic oxidation sites excluding steroid dienone is 3. The van der Waals surface area contributed by atoms with Crippen molar-refractivity contribution in [2.75, 3.05) is 0 Å². The van der Waals surface area contributed by atoms with Gasteiger partial charge in [0, 0.05) is 12.0 Å². The van der Waals surface area contributed by atoms with Crippen LogP contribution in [0.1, 0.15) is 26.2 Å². The van der Waals surface area contributed by atoms with Crippen LogP contribution in [0.25, 0.3) is 0 Å². The van der Waals surface area contributed by atoms with E-state index in [4.69, 9.17) is 5.11 Å². The molecule has 0 spiro atoms. The van der Waals surface area contributed by atoms with Crippen LogP contribution in [-0.2, 0) is 4.79 Å². The van der Waals surface area contributed by atoms with Crippen LogP contribution in [0.5, 0.6) is 0 Å². The summed E-state index contributed by atoms with van der Waals surface area (Å²) in [6.45, 7) is 2.16. The van der Waals surface area contributed by atoms with E-state index < -0.39 is 5.97 Å². The number of carboxylic acid groups (broad SMARTS) is 1. The fourth-order valence-electron chi connectivity index (χ4n) is 2.38. The fraction of sp³-hybridized carbons (Fsp3) is 0.545. The lowest BCUT2D eigenvalue weighted by Crippen LogP contribution is -2.24. The Morgan fingerprint density at radius 1 is 1.69 bits per heavy atom. The fourth-order valence-corrected chi connectivity index (χ4v) is 2.38. The second kappa shape index (κ2) is 3.02. The number of fused-ring (bicyclic) bond motifs is 1. The summed E-state index contributed by atoms with van der Waals surface area (Å²) in [6, 6.07) is 0. The molecule has 1 saturated carbocycles. The standard InChI is InChI=1S/C11H14O2/c1-2-7-3-8-5-9(6-11(12)13)10(8)4-7/h4,6,8,10H,2-3,5H2,1H3,(H,12,13)/b9-6-. The van der Waals surface area contributed by atoms with Gasteiger partial charge in [0.05, 0.1) is 0 Å². The van der Waals surface area contributed by atoms with E-state index in [0.717, 1.165) is 24.3 Å². The minimum atomic E-state index is -0.799. The molecule has 0 aliphatic heterocycles. The normalized spacial score (nSPS) is 33.9. The second-order valence-electron chi connectivity index (χ2n) is 3.93. The average Bonchev–Trinajstić information content (AvgIpc) is 2.38. The molecule has 1 fully saturated rings. The summed E-state index contributed by atoms with van der Waals surface area (Å²) in [5.74, 6) is 0.387. The molecule has 2 aliphatic carbocycles. The van der Waals surface area contributed by atoms with E-state index in [2.05, 4.69) is 13.0 Å². The van der Waals surface area contributed by atoms with Crippen LogP contribution in [-0.4, -0.2) is 11.1 Å². The zero-order valence-corrected chi connectivity index (χ0v) is 7.79. The van der Waals surface area contributed by atoms with Crippen molar-refractivity contribution in [1.29, 1.82) is 0 Å². The number of carbonyl (C=O) groups is 1. The Labute approximate surface area is 78.0 Å². The first-order valence-corrected chi connectivity index (χ1v) is 4.83. The van der Waals surface area contributed by atoms with E-state index in [1.165, 1.54) is 18.1 Å². The molecule has 2 rings (SSSR count). The highest BCUT2D eigenvalue weighted by Crippen LogP contribution is 2.49. The molecule has 2 nitrogen and oxygen atoms in total. The van der Waals surface area contributed by atoms with Gasteiger partial charge in [0.25, 0.3) is 0 Å². The Bertz CT molecular complexity index is 299. The highest BCUT2D eigenvalue weighted by molar-refractivity contribution is 5.81. The van der Waals surface area contributed by atoms with Gasteiger partial charge in [-0.25, -0.2) is 4.79 Å². The van der Waals surface area contributed by atoms with Crippen molar-refractivity contribution in [3.8, 4) is 0 Å². The Morgan fingerprint density at radius 2 is 2.46 bits per heavy atom. The number of aliphatic carboxylic acids is 1. The lowest BCUT2D eigenvalue weighted by molar-refractivity contribution is -0.131. The zero-order chi connectivity index (χ0) is 9.42. The van der Waals surface area contributed by atoms with Gasteiger partial charge >= 0.3 is 5.97 Å². The smallest absolute Gasteiger partial charge is 0.328 e. The van der Waals surface area contributed by atoms with E-state index >= 15 is 0 Å². The molecular weight excluding hydrogens is 164 g/mol. The number of rotatable bonds is 2. The molecule has 0 aromatic heterocycles. The van der Waals surface area contributed by atoms with Gasteiger partial charge in [-0.3, -0.25) is 0 Å². The van der Waals surface area contributed by atoms with Crippen molar-refractivity contribution >= 4 is 5.97 Å². The molecule has 13 heavy (non-hydrogen) atoms. The Morgan fingerprint density at radius 3 is 3.08 bits per heavy atom. The minimum Gasteiger partial charge on any atom is -0.478 e. The molecule has 2 atom stereocenters. The number of carboxylic acids is 1. The Hall–Kier alpha value is -1.05. The molecule has 0 aromatic carbocycles. The zero-order valence-electron chi connectivity index (χ0n) is 7.79. The van der Waals surface area contributed by atoms with Gasteiger partial charge in [-0.05, 0) is 25.2 Å². The number of hydrogen-bond donors (Lipinski definition) is 1. The topological polar surface area (TPSA) is 37.3 Å². The third-order valence-corrected chi connectivity index (χ3v) is 3.14. The molecule has 2 aliphatic rings. The minimum absolute atomic E-state index is 0.464. The first kappa shape index (κ1) is 8.54. The summed E-state index contributed by atoms with van der Waals surface area (Å²) in [4.78, 5) is 10.4. The van der Waals surface area contributed by atoms with Gasteiger partial charge in [-0.1, -0.05) is 24.1 Å². The molecule has 0 bridgehead atoms. The van der Waals surface area contributed by atoms with Crippen LogP contribution in [0.4, 0.5) is 0 Å². The summed E-state index contributed by atoms with van der Waals surface area (Å²) < 4.78 is 0.